The predicted molar refractivity (Wildman–Crippen MR) is 68.5 cm³/mol. The van der Waals surface area contributed by atoms with Gasteiger partial charge in [0.25, 0.3) is 0 Å². The van der Waals surface area contributed by atoms with Crippen molar-refractivity contribution in [1.82, 2.24) is 5.32 Å². The lowest BCUT2D eigenvalue weighted by Crippen LogP contribution is -2.12. The highest BCUT2D eigenvalue weighted by Gasteiger charge is 1.99. The van der Waals surface area contributed by atoms with Crippen LogP contribution in [0.4, 0.5) is 4.39 Å². The van der Waals surface area contributed by atoms with E-state index in [9.17, 15) is 4.39 Å². The highest BCUT2D eigenvalue weighted by Crippen LogP contribution is 2.09. The van der Waals surface area contributed by atoms with Crippen molar-refractivity contribution in [2.24, 2.45) is 0 Å². The molecule has 4 heteroatoms. The van der Waals surface area contributed by atoms with Gasteiger partial charge in [0, 0.05) is 23.5 Å². The van der Waals surface area contributed by atoms with Crippen molar-refractivity contribution >= 4 is 23.7 Å². The van der Waals surface area contributed by atoms with E-state index in [-0.39, 0.29) is 18.2 Å². The van der Waals surface area contributed by atoms with Gasteiger partial charge in [0.1, 0.15) is 5.82 Å². The van der Waals surface area contributed by atoms with Gasteiger partial charge in [0.15, 0.2) is 0 Å². The first-order chi connectivity index (χ1) is 7.36. The van der Waals surface area contributed by atoms with Crippen molar-refractivity contribution in [3.8, 4) is 0 Å². The maximum Gasteiger partial charge on any atom is 0.127 e. The lowest BCUT2D eigenvalue weighted by molar-refractivity contribution is 0.589. The number of nitrogens with one attached hydrogen (secondary N) is 1. The van der Waals surface area contributed by atoms with E-state index >= 15 is 0 Å². The number of rotatable bonds is 4. The standard InChI is InChI=1S/C12H12FNS.ClH/c13-12-6-2-1-4-10(12)8-14-9-11-5-3-7-15-11;/h1-7,14H,8-9H2;1H. The van der Waals surface area contributed by atoms with Crippen LogP contribution in [-0.4, -0.2) is 0 Å². The Labute approximate surface area is 105 Å². The molecule has 1 nitrogen and oxygen atoms in total. The van der Waals surface area contributed by atoms with Crippen molar-refractivity contribution < 1.29 is 4.39 Å². The van der Waals surface area contributed by atoms with Crippen LogP contribution in [0.1, 0.15) is 10.4 Å². The first kappa shape index (κ1) is 13.2. The molecule has 0 fully saturated rings. The lowest BCUT2D eigenvalue weighted by Gasteiger charge is -2.04. The van der Waals surface area contributed by atoms with E-state index in [1.54, 1.807) is 23.5 Å². The summed E-state index contributed by atoms with van der Waals surface area (Å²) in [6.45, 7) is 1.37. The Balaban J connectivity index is 0.00000128. The molecule has 2 aromatic rings. The summed E-state index contributed by atoms with van der Waals surface area (Å²) in [5.74, 6) is -0.142. The molecule has 0 amide bonds. The van der Waals surface area contributed by atoms with Gasteiger partial charge in [-0.2, -0.15) is 0 Å². The van der Waals surface area contributed by atoms with E-state index in [0.29, 0.717) is 12.1 Å². The third-order valence-corrected chi connectivity index (χ3v) is 3.03. The Bertz CT molecular complexity index is 417. The minimum absolute atomic E-state index is 0. The molecular weight excluding hydrogens is 245 g/mol. The topological polar surface area (TPSA) is 12.0 Å². The maximum atomic E-state index is 13.2. The van der Waals surface area contributed by atoms with Gasteiger partial charge < -0.3 is 5.32 Å². The van der Waals surface area contributed by atoms with Crippen LogP contribution >= 0.6 is 23.7 Å². The van der Waals surface area contributed by atoms with Crippen molar-refractivity contribution in [3.05, 3.63) is 58.0 Å². The van der Waals surface area contributed by atoms with Gasteiger partial charge in [-0.15, -0.1) is 23.7 Å². The molecule has 0 aliphatic carbocycles. The summed E-state index contributed by atoms with van der Waals surface area (Å²) in [4.78, 5) is 1.27. The SMILES string of the molecule is Cl.Fc1ccccc1CNCc1cccs1. The molecule has 1 aromatic heterocycles. The zero-order valence-corrected chi connectivity index (χ0v) is 10.3. The van der Waals surface area contributed by atoms with E-state index < -0.39 is 0 Å². The molecule has 16 heavy (non-hydrogen) atoms. The molecule has 0 unspecified atom stereocenters. The predicted octanol–water partition coefficient (Wildman–Crippen LogP) is 3.60. The summed E-state index contributed by atoms with van der Waals surface area (Å²) in [6.07, 6.45) is 0. The minimum atomic E-state index is -0.142. The van der Waals surface area contributed by atoms with Crippen molar-refractivity contribution in [3.63, 3.8) is 0 Å². The Kier molecular flexibility index (Phi) is 5.46. The molecule has 1 heterocycles. The molecule has 0 spiro atoms. The molecule has 0 aliphatic rings. The normalized spacial score (nSPS) is 9.81. The number of thiophene rings is 1. The van der Waals surface area contributed by atoms with E-state index in [0.717, 1.165) is 6.54 Å². The molecule has 2 rings (SSSR count). The summed E-state index contributed by atoms with van der Waals surface area (Å²) in [7, 11) is 0. The largest absolute Gasteiger partial charge is 0.308 e. The van der Waals surface area contributed by atoms with Crippen molar-refractivity contribution in [2.45, 2.75) is 13.1 Å². The maximum absolute atomic E-state index is 13.2. The Morgan fingerprint density at radius 3 is 2.56 bits per heavy atom. The van der Waals surface area contributed by atoms with Crippen LogP contribution in [0.15, 0.2) is 41.8 Å². The first-order valence-corrected chi connectivity index (χ1v) is 5.71. The highest BCUT2D eigenvalue weighted by atomic mass is 35.5. The van der Waals surface area contributed by atoms with Crippen LogP contribution in [0.25, 0.3) is 0 Å². The molecule has 0 saturated carbocycles. The third-order valence-electron chi connectivity index (χ3n) is 2.15. The Morgan fingerprint density at radius 2 is 1.88 bits per heavy atom. The molecule has 0 aliphatic heterocycles. The average Bonchev–Trinajstić information content (AvgIpc) is 2.74. The zero-order valence-electron chi connectivity index (χ0n) is 8.65. The van der Waals surface area contributed by atoms with Crippen molar-refractivity contribution in [2.75, 3.05) is 0 Å². The van der Waals surface area contributed by atoms with Crippen LogP contribution in [0.3, 0.4) is 0 Å². The average molecular weight is 258 g/mol. The third kappa shape index (κ3) is 3.59. The van der Waals surface area contributed by atoms with Crippen LogP contribution in [-0.2, 0) is 13.1 Å². The molecule has 1 aromatic carbocycles. The van der Waals surface area contributed by atoms with Crippen LogP contribution in [0.5, 0.6) is 0 Å². The number of halogens is 2. The molecule has 0 bridgehead atoms. The number of benzene rings is 1. The summed E-state index contributed by atoms with van der Waals surface area (Å²) in [6, 6.07) is 10.9. The summed E-state index contributed by atoms with van der Waals surface area (Å²) in [5, 5.41) is 5.26. The Morgan fingerprint density at radius 1 is 1.06 bits per heavy atom. The molecule has 86 valence electrons. The molecule has 1 N–H and O–H groups in total. The van der Waals surface area contributed by atoms with Gasteiger partial charge in [0.2, 0.25) is 0 Å². The van der Waals surface area contributed by atoms with Gasteiger partial charge >= 0.3 is 0 Å². The first-order valence-electron chi connectivity index (χ1n) is 4.83. The lowest BCUT2D eigenvalue weighted by atomic mass is 10.2. The van der Waals surface area contributed by atoms with E-state index in [2.05, 4.69) is 11.4 Å². The fourth-order valence-corrected chi connectivity index (χ4v) is 2.05. The summed E-state index contributed by atoms with van der Waals surface area (Å²) < 4.78 is 13.2. The summed E-state index contributed by atoms with van der Waals surface area (Å²) >= 11 is 1.71. The Hall–Kier alpha value is -0.900. The minimum Gasteiger partial charge on any atom is -0.308 e. The smallest absolute Gasteiger partial charge is 0.127 e. The van der Waals surface area contributed by atoms with Crippen LogP contribution in [0, 0.1) is 5.82 Å². The quantitative estimate of drug-likeness (QED) is 0.883. The van der Waals surface area contributed by atoms with Crippen LogP contribution in [0.2, 0.25) is 0 Å². The van der Waals surface area contributed by atoms with E-state index in [1.165, 1.54) is 10.9 Å². The van der Waals surface area contributed by atoms with Gasteiger partial charge in [-0.25, -0.2) is 4.39 Å². The van der Waals surface area contributed by atoms with Gasteiger partial charge in [-0.3, -0.25) is 0 Å². The second-order valence-corrected chi connectivity index (χ2v) is 4.31. The molecule has 0 atom stereocenters. The molecule has 0 radical (unpaired) electrons. The fourth-order valence-electron chi connectivity index (χ4n) is 1.38. The molecular formula is C12H13ClFNS. The number of hydrogen-bond donors (Lipinski definition) is 1. The second kappa shape index (κ2) is 6.63. The van der Waals surface area contributed by atoms with Gasteiger partial charge in [-0.1, -0.05) is 24.3 Å². The van der Waals surface area contributed by atoms with Gasteiger partial charge in [0.05, 0.1) is 0 Å². The summed E-state index contributed by atoms with van der Waals surface area (Å²) in [5.41, 5.74) is 0.717. The molecule has 0 saturated heterocycles. The fraction of sp³-hybridized carbons (Fsp3) is 0.167. The second-order valence-electron chi connectivity index (χ2n) is 3.27. The van der Waals surface area contributed by atoms with Crippen LogP contribution < -0.4 is 5.32 Å². The highest BCUT2D eigenvalue weighted by molar-refractivity contribution is 7.09. The van der Waals surface area contributed by atoms with E-state index in [4.69, 9.17) is 0 Å². The monoisotopic (exact) mass is 257 g/mol. The van der Waals surface area contributed by atoms with Gasteiger partial charge in [-0.05, 0) is 17.5 Å². The van der Waals surface area contributed by atoms with E-state index in [1.807, 2.05) is 17.5 Å². The van der Waals surface area contributed by atoms with Crippen molar-refractivity contribution in [1.29, 1.82) is 0 Å². The zero-order chi connectivity index (χ0) is 10.5. The number of hydrogen-bond acceptors (Lipinski definition) is 2.